The van der Waals surface area contributed by atoms with Gasteiger partial charge < -0.3 is 15.0 Å². The molecule has 2 N–H and O–H groups in total. The molecule has 5 nitrogen and oxygen atoms in total. The standard InChI is InChI=1S/C18H18ClN3O2/c1-11-17(5-6-18(19)21-11)24-8-7-13-3-4-15-14(9-13)16(10-20-15)22-12(2)23/h3-6,9-10,20H,7-8H2,1-2H3,(H,22,23). The van der Waals surface area contributed by atoms with Crippen molar-refractivity contribution < 1.29 is 9.53 Å². The lowest BCUT2D eigenvalue weighted by atomic mass is 10.1. The first kappa shape index (κ1) is 16.3. The summed E-state index contributed by atoms with van der Waals surface area (Å²) in [5.41, 5.74) is 3.68. The monoisotopic (exact) mass is 343 g/mol. The van der Waals surface area contributed by atoms with Crippen LogP contribution in [0.3, 0.4) is 0 Å². The van der Waals surface area contributed by atoms with Gasteiger partial charge in [-0.2, -0.15) is 0 Å². The first-order valence-corrected chi connectivity index (χ1v) is 8.04. The highest BCUT2D eigenvalue weighted by Crippen LogP contribution is 2.25. The Hall–Kier alpha value is -2.53. The fraction of sp³-hybridized carbons (Fsp3) is 0.222. The Balaban J connectivity index is 1.69. The fourth-order valence-electron chi connectivity index (χ4n) is 2.57. The maximum Gasteiger partial charge on any atom is 0.221 e. The molecule has 0 unspecified atom stereocenters. The molecule has 0 saturated carbocycles. The summed E-state index contributed by atoms with van der Waals surface area (Å²) in [4.78, 5) is 18.6. The molecule has 0 atom stereocenters. The van der Waals surface area contributed by atoms with Crippen molar-refractivity contribution in [3.05, 3.63) is 52.9 Å². The van der Waals surface area contributed by atoms with E-state index in [1.807, 2.05) is 25.1 Å². The zero-order valence-corrected chi connectivity index (χ0v) is 14.3. The first-order valence-electron chi connectivity index (χ1n) is 7.66. The lowest BCUT2D eigenvalue weighted by Gasteiger charge is -2.09. The van der Waals surface area contributed by atoms with Crippen LogP contribution in [0, 0.1) is 6.92 Å². The molecule has 0 radical (unpaired) electrons. The van der Waals surface area contributed by atoms with E-state index in [9.17, 15) is 4.79 Å². The average Bonchev–Trinajstić information content (AvgIpc) is 2.91. The van der Waals surface area contributed by atoms with E-state index in [-0.39, 0.29) is 5.91 Å². The van der Waals surface area contributed by atoms with Crippen molar-refractivity contribution in [3.63, 3.8) is 0 Å². The number of fused-ring (bicyclic) bond motifs is 1. The highest BCUT2D eigenvalue weighted by atomic mass is 35.5. The van der Waals surface area contributed by atoms with E-state index in [2.05, 4.69) is 21.4 Å². The summed E-state index contributed by atoms with van der Waals surface area (Å²) in [5, 5.41) is 4.28. The number of aromatic amines is 1. The Morgan fingerprint density at radius 2 is 2.17 bits per heavy atom. The minimum Gasteiger partial charge on any atom is -0.491 e. The Morgan fingerprint density at radius 3 is 2.92 bits per heavy atom. The number of aromatic nitrogens is 2. The average molecular weight is 344 g/mol. The van der Waals surface area contributed by atoms with Gasteiger partial charge in [-0.1, -0.05) is 17.7 Å². The van der Waals surface area contributed by atoms with E-state index in [0.29, 0.717) is 11.8 Å². The minimum absolute atomic E-state index is 0.0876. The third kappa shape index (κ3) is 3.68. The molecule has 0 spiro atoms. The second kappa shape index (κ2) is 6.93. The highest BCUT2D eigenvalue weighted by molar-refractivity contribution is 6.29. The number of halogens is 1. The van der Waals surface area contributed by atoms with Crippen molar-refractivity contribution in [2.24, 2.45) is 0 Å². The van der Waals surface area contributed by atoms with Crippen LogP contribution in [0.25, 0.3) is 10.9 Å². The van der Waals surface area contributed by atoms with Gasteiger partial charge in [0.05, 0.1) is 18.0 Å². The van der Waals surface area contributed by atoms with Crippen molar-refractivity contribution in [3.8, 4) is 5.75 Å². The van der Waals surface area contributed by atoms with E-state index in [1.54, 1.807) is 12.3 Å². The van der Waals surface area contributed by atoms with E-state index < -0.39 is 0 Å². The van der Waals surface area contributed by atoms with Crippen LogP contribution in [0.4, 0.5) is 5.69 Å². The molecule has 3 rings (SSSR count). The quantitative estimate of drug-likeness (QED) is 0.685. The molecule has 2 aromatic heterocycles. The Kier molecular flexibility index (Phi) is 4.71. The van der Waals surface area contributed by atoms with E-state index >= 15 is 0 Å². The maximum absolute atomic E-state index is 11.3. The number of ether oxygens (including phenoxy) is 1. The number of rotatable bonds is 5. The number of amides is 1. The lowest BCUT2D eigenvalue weighted by molar-refractivity contribution is -0.114. The maximum atomic E-state index is 11.3. The van der Waals surface area contributed by atoms with Crippen molar-refractivity contribution in [1.82, 2.24) is 9.97 Å². The van der Waals surface area contributed by atoms with E-state index in [4.69, 9.17) is 16.3 Å². The summed E-state index contributed by atoms with van der Waals surface area (Å²) < 4.78 is 5.79. The third-order valence-corrected chi connectivity index (χ3v) is 3.92. The van der Waals surface area contributed by atoms with Gasteiger partial charge in [0, 0.05) is 30.4 Å². The summed E-state index contributed by atoms with van der Waals surface area (Å²) in [6, 6.07) is 9.66. The molecule has 0 bridgehead atoms. The number of pyridine rings is 1. The second-order valence-electron chi connectivity index (χ2n) is 5.58. The molecule has 0 fully saturated rings. The van der Waals surface area contributed by atoms with E-state index in [1.165, 1.54) is 6.92 Å². The Labute approximate surface area is 145 Å². The molecular weight excluding hydrogens is 326 g/mol. The molecule has 0 aliphatic carbocycles. The van der Waals surface area contributed by atoms with Crippen molar-refractivity contribution in [1.29, 1.82) is 0 Å². The van der Waals surface area contributed by atoms with E-state index in [0.717, 1.165) is 40.0 Å². The van der Waals surface area contributed by atoms with Gasteiger partial charge in [-0.05, 0) is 36.8 Å². The predicted molar refractivity (Wildman–Crippen MR) is 95.8 cm³/mol. The van der Waals surface area contributed by atoms with Gasteiger partial charge in [-0.15, -0.1) is 0 Å². The fourth-order valence-corrected chi connectivity index (χ4v) is 2.76. The smallest absolute Gasteiger partial charge is 0.221 e. The molecule has 124 valence electrons. The summed E-state index contributed by atoms with van der Waals surface area (Å²) in [6.07, 6.45) is 2.55. The van der Waals surface area contributed by atoms with Gasteiger partial charge in [-0.25, -0.2) is 4.98 Å². The van der Waals surface area contributed by atoms with Crippen LogP contribution >= 0.6 is 11.6 Å². The number of hydrogen-bond acceptors (Lipinski definition) is 3. The molecule has 0 saturated heterocycles. The van der Waals surface area contributed by atoms with Gasteiger partial charge in [0.1, 0.15) is 10.9 Å². The van der Waals surface area contributed by atoms with Crippen molar-refractivity contribution in [2.75, 3.05) is 11.9 Å². The molecule has 2 heterocycles. The normalized spacial score (nSPS) is 10.8. The number of aryl methyl sites for hydroxylation is 1. The lowest BCUT2D eigenvalue weighted by Crippen LogP contribution is -2.05. The molecule has 3 aromatic rings. The van der Waals surface area contributed by atoms with Crippen LogP contribution < -0.4 is 10.1 Å². The summed E-state index contributed by atoms with van der Waals surface area (Å²) in [6.45, 7) is 3.90. The molecule has 0 aliphatic rings. The topological polar surface area (TPSA) is 67.0 Å². The third-order valence-electron chi connectivity index (χ3n) is 3.71. The molecule has 1 amide bonds. The first-order chi connectivity index (χ1) is 11.5. The van der Waals surface area contributed by atoms with Crippen molar-refractivity contribution >= 4 is 34.1 Å². The minimum atomic E-state index is -0.0876. The number of nitrogens with one attached hydrogen (secondary N) is 2. The number of carbonyl (C=O) groups is 1. The predicted octanol–water partition coefficient (Wildman–Crippen LogP) is 4.10. The molecule has 24 heavy (non-hydrogen) atoms. The molecule has 6 heteroatoms. The number of nitrogens with zero attached hydrogens (tertiary/aromatic N) is 1. The van der Waals surface area contributed by atoms with Crippen molar-refractivity contribution in [2.45, 2.75) is 20.3 Å². The van der Waals surface area contributed by atoms with Gasteiger partial charge in [0.2, 0.25) is 5.91 Å². The summed E-state index contributed by atoms with van der Waals surface area (Å²) >= 11 is 5.84. The molecule has 0 aliphatic heterocycles. The number of benzene rings is 1. The zero-order chi connectivity index (χ0) is 17.1. The van der Waals surface area contributed by atoms with Crippen LogP contribution in [-0.4, -0.2) is 22.5 Å². The van der Waals surface area contributed by atoms with Gasteiger partial charge >= 0.3 is 0 Å². The van der Waals surface area contributed by atoms with Gasteiger partial charge in [-0.3, -0.25) is 4.79 Å². The molecule has 1 aromatic carbocycles. The number of H-pyrrole nitrogens is 1. The number of anilines is 1. The molecular formula is C18H18ClN3O2. The Morgan fingerprint density at radius 1 is 1.33 bits per heavy atom. The largest absolute Gasteiger partial charge is 0.491 e. The van der Waals surface area contributed by atoms with Crippen LogP contribution in [0.15, 0.2) is 36.5 Å². The van der Waals surface area contributed by atoms with Crippen LogP contribution in [0.5, 0.6) is 5.75 Å². The highest BCUT2D eigenvalue weighted by Gasteiger charge is 2.07. The van der Waals surface area contributed by atoms with Gasteiger partial charge in [0.15, 0.2) is 0 Å². The summed E-state index contributed by atoms with van der Waals surface area (Å²) in [7, 11) is 0. The van der Waals surface area contributed by atoms with Crippen LogP contribution in [0.1, 0.15) is 18.2 Å². The van der Waals surface area contributed by atoms with Crippen LogP contribution in [0.2, 0.25) is 5.15 Å². The van der Waals surface area contributed by atoms with Crippen LogP contribution in [-0.2, 0) is 11.2 Å². The zero-order valence-electron chi connectivity index (χ0n) is 13.5. The Bertz CT molecular complexity index is 889. The number of hydrogen-bond donors (Lipinski definition) is 2. The number of carbonyl (C=O) groups excluding carboxylic acids is 1. The SMILES string of the molecule is CC(=O)Nc1c[nH]c2ccc(CCOc3ccc(Cl)nc3C)cc12. The second-order valence-corrected chi connectivity index (χ2v) is 5.97. The van der Waals surface area contributed by atoms with Gasteiger partial charge in [0.25, 0.3) is 0 Å². The summed E-state index contributed by atoms with van der Waals surface area (Å²) in [5.74, 6) is 0.649.